The second kappa shape index (κ2) is 7.17. The second-order valence-electron chi connectivity index (χ2n) is 5.52. The first-order chi connectivity index (χ1) is 10.8. The first-order valence-electron chi connectivity index (χ1n) is 7.64. The van der Waals surface area contributed by atoms with Crippen LogP contribution in [0.4, 0.5) is 11.8 Å². The molecule has 3 rings (SSSR count). The molecule has 22 heavy (non-hydrogen) atoms. The van der Waals surface area contributed by atoms with Gasteiger partial charge in [0.05, 0.1) is 12.3 Å². The van der Waals surface area contributed by atoms with Crippen LogP contribution in [0.25, 0.3) is 0 Å². The molecule has 2 aromatic rings. The number of nitrogens with one attached hydrogen (secondary N) is 2. The van der Waals surface area contributed by atoms with Gasteiger partial charge >= 0.3 is 0 Å². The highest BCUT2D eigenvalue weighted by Crippen LogP contribution is 2.13. The van der Waals surface area contributed by atoms with Gasteiger partial charge in [-0.1, -0.05) is 29.8 Å². The number of rotatable bonds is 6. The molecule has 0 saturated carbocycles. The minimum atomic E-state index is 0.257. The molecule has 0 bridgehead atoms. The molecule has 1 atom stereocenters. The maximum Gasteiger partial charge on any atom is 0.244 e. The molecule has 1 aromatic carbocycles. The van der Waals surface area contributed by atoms with E-state index in [0.29, 0.717) is 18.3 Å². The van der Waals surface area contributed by atoms with Gasteiger partial charge in [0.2, 0.25) is 5.95 Å². The van der Waals surface area contributed by atoms with Crippen molar-refractivity contribution in [3.05, 3.63) is 41.6 Å². The summed E-state index contributed by atoms with van der Waals surface area (Å²) >= 11 is 0. The first-order valence-corrected chi connectivity index (χ1v) is 7.64. The van der Waals surface area contributed by atoms with Crippen molar-refractivity contribution in [2.24, 2.45) is 0 Å². The summed E-state index contributed by atoms with van der Waals surface area (Å²) in [5.41, 5.74) is 2.46. The molecule has 116 valence electrons. The predicted octanol–water partition coefficient (Wildman–Crippen LogP) is 2.38. The number of benzene rings is 1. The summed E-state index contributed by atoms with van der Waals surface area (Å²) in [4.78, 5) is 4.41. The van der Waals surface area contributed by atoms with Gasteiger partial charge in [-0.15, -0.1) is 5.10 Å². The fourth-order valence-corrected chi connectivity index (χ4v) is 2.37. The molecule has 1 aliphatic heterocycles. The number of nitrogens with zero attached hydrogens (tertiary/aromatic N) is 3. The summed E-state index contributed by atoms with van der Waals surface area (Å²) in [5, 5.41) is 14.4. The maximum atomic E-state index is 5.57. The topological polar surface area (TPSA) is 72.0 Å². The summed E-state index contributed by atoms with van der Waals surface area (Å²) in [6.45, 7) is 4.37. The predicted molar refractivity (Wildman–Crippen MR) is 85.8 cm³/mol. The number of hydrogen-bond acceptors (Lipinski definition) is 6. The van der Waals surface area contributed by atoms with Crippen molar-refractivity contribution in [2.75, 3.05) is 23.8 Å². The Labute approximate surface area is 130 Å². The number of aryl methyl sites for hydroxylation is 1. The summed E-state index contributed by atoms with van der Waals surface area (Å²) in [6, 6.07) is 8.41. The van der Waals surface area contributed by atoms with Crippen LogP contribution in [0.3, 0.4) is 0 Å². The van der Waals surface area contributed by atoms with Gasteiger partial charge in [-0.3, -0.25) is 0 Å². The van der Waals surface area contributed by atoms with Crippen LogP contribution in [0.15, 0.2) is 30.5 Å². The number of aromatic nitrogens is 3. The van der Waals surface area contributed by atoms with Crippen molar-refractivity contribution in [1.29, 1.82) is 0 Å². The van der Waals surface area contributed by atoms with E-state index in [4.69, 9.17) is 4.74 Å². The normalized spacial score (nSPS) is 17.4. The first kappa shape index (κ1) is 14.7. The SMILES string of the molecule is Cc1ccc(CNc2cnnc(NCC3CCCO3)n2)cc1. The average Bonchev–Trinajstić information content (AvgIpc) is 3.06. The van der Waals surface area contributed by atoms with Gasteiger partial charge in [0.1, 0.15) is 0 Å². The summed E-state index contributed by atoms with van der Waals surface area (Å²) < 4.78 is 5.57. The van der Waals surface area contributed by atoms with Gasteiger partial charge in [0.15, 0.2) is 5.82 Å². The minimum Gasteiger partial charge on any atom is -0.376 e. The molecule has 6 heteroatoms. The second-order valence-corrected chi connectivity index (χ2v) is 5.52. The van der Waals surface area contributed by atoms with Crippen molar-refractivity contribution in [2.45, 2.75) is 32.4 Å². The highest BCUT2D eigenvalue weighted by atomic mass is 16.5. The molecule has 1 unspecified atom stereocenters. The van der Waals surface area contributed by atoms with Crippen molar-refractivity contribution < 1.29 is 4.74 Å². The van der Waals surface area contributed by atoms with Crippen molar-refractivity contribution in [3.63, 3.8) is 0 Å². The molecule has 1 fully saturated rings. The van der Waals surface area contributed by atoms with E-state index in [-0.39, 0.29) is 6.10 Å². The highest BCUT2D eigenvalue weighted by Gasteiger charge is 2.15. The Morgan fingerprint density at radius 2 is 2.09 bits per heavy atom. The van der Waals surface area contributed by atoms with E-state index in [1.54, 1.807) is 6.20 Å². The Kier molecular flexibility index (Phi) is 4.80. The Bertz CT molecular complexity index is 596. The molecule has 6 nitrogen and oxygen atoms in total. The molecule has 0 amide bonds. The van der Waals surface area contributed by atoms with E-state index in [9.17, 15) is 0 Å². The van der Waals surface area contributed by atoms with Crippen molar-refractivity contribution in [1.82, 2.24) is 15.2 Å². The molecular weight excluding hydrogens is 278 g/mol. The van der Waals surface area contributed by atoms with Gasteiger partial charge in [0.25, 0.3) is 0 Å². The Hall–Kier alpha value is -2.21. The van der Waals surface area contributed by atoms with Gasteiger partial charge in [-0.05, 0) is 25.3 Å². The van der Waals surface area contributed by atoms with E-state index in [1.165, 1.54) is 11.1 Å². The summed E-state index contributed by atoms with van der Waals surface area (Å²) in [5.74, 6) is 1.25. The van der Waals surface area contributed by atoms with Crippen LogP contribution < -0.4 is 10.6 Å². The zero-order chi connectivity index (χ0) is 15.2. The van der Waals surface area contributed by atoms with Gasteiger partial charge in [0, 0.05) is 19.7 Å². The smallest absolute Gasteiger partial charge is 0.244 e. The van der Waals surface area contributed by atoms with Crippen LogP contribution in [0.5, 0.6) is 0 Å². The fourth-order valence-electron chi connectivity index (χ4n) is 2.37. The van der Waals surface area contributed by atoms with Crippen LogP contribution in [0.2, 0.25) is 0 Å². The quantitative estimate of drug-likeness (QED) is 0.853. The highest BCUT2D eigenvalue weighted by molar-refractivity contribution is 5.38. The monoisotopic (exact) mass is 299 g/mol. The van der Waals surface area contributed by atoms with E-state index in [0.717, 1.165) is 26.0 Å². The van der Waals surface area contributed by atoms with Crippen molar-refractivity contribution in [3.8, 4) is 0 Å². The third kappa shape index (κ3) is 4.14. The van der Waals surface area contributed by atoms with Gasteiger partial charge in [-0.2, -0.15) is 10.1 Å². The van der Waals surface area contributed by atoms with Gasteiger partial charge in [-0.25, -0.2) is 0 Å². The molecule has 1 saturated heterocycles. The maximum absolute atomic E-state index is 5.57. The average molecular weight is 299 g/mol. The Balaban J connectivity index is 1.52. The fraction of sp³-hybridized carbons (Fsp3) is 0.438. The van der Waals surface area contributed by atoms with Gasteiger partial charge < -0.3 is 15.4 Å². The lowest BCUT2D eigenvalue weighted by Gasteiger charge is -2.11. The Morgan fingerprint density at radius 1 is 1.23 bits per heavy atom. The number of anilines is 2. The third-order valence-electron chi connectivity index (χ3n) is 3.66. The van der Waals surface area contributed by atoms with Crippen LogP contribution in [0.1, 0.15) is 24.0 Å². The standard InChI is InChI=1S/C16H21N5O/c1-12-4-6-13(7-5-12)9-17-15-11-19-21-16(20-15)18-10-14-3-2-8-22-14/h4-7,11,14H,2-3,8-10H2,1H3,(H2,17,18,20,21). The zero-order valence-electron chi connectivity index (χ0n) is 12.7. The molecule has 2 N–H and O–H groups in total. The lowest BCUT2D eigenvalue weighted by Crippen LogP contribution is -2.20. The summed E-state index contributed by atoms with van der Waals surface area (Å²) in [6.07, 6.45) is 4.11. The minimum absolute atomic E-state index is 0.257. The Morgan fingerprint density at radius 3 is 2.86 bits per heavy atom. The van der Waals surface area contributed by atoms with Crippen LogP contribution >= 0.6 is 0 Å². The van der Waals surface area contributed by atoms with E-state index in [2.05, 4.69) is 57.0 Å². The number of hydrogen-bond donors (Lipinski definition) is 2. The molecule has 1 aromatic heterocycles. The van der Waals surface area contributed by atoms with Crippen molar-refractivity contribution >= 4 is 11.8 Å². The molecule has 0 aliphatic carbocycles. The van der Waals surface area contributed by atoms with E-state index < -0.39 is 0 Å². The van der Waals surface area contributed by atoms with E-state index >= 15 is 0 Å². The summed E-state index contributed by atoms with van der Waals surface area (Å²) in [7, 11) is 0. The van der Waals surface area contributed by atoms with E-state index in [1.807, 2.05) is 0 Å². The molecule has 0 spiro atoms. The molecule has 0 radical (unpaired) electrons. The lowest BCUT2D eigenvalue weighted by atomic mass is 10.1. The largest absolute Gasteiger partial charge is 0.376 e. The molecular formula is C16H21N5O. The van der Waals surface area contributed by atoms with Crippen LogP contribution in [0, 0.1) is 6.92 Å². The third-order valence-corrected chi connectivity index (χ3v) is 3.66. The van der Waals surface area contributed by atoms with Crippen LogP contribution in [-0.4, -0.2) is 34.4 Å². The van der Waals surface area contributed by atoms with Crippen LogP contribution in [-0.2, 0) is 11.3 Å². The zero-order valence-corrected chi connectivity index (χ0v) is 12.7. The molecule has 1 aliphatic rings. The number of ether oxygens (including phenoxy) is 1. The molecule has 2 heterocycles. The lowest BCUT2D eigenvalue weighted by molar-refractivity contribution is 0.120.